The van der Waals surface area contributed by atoms with Crippen LogP contribution in [0.5, 0.6) is 0 Å². The van der Waals surface area contributed by atoms with Gasteiger partial charge >= 0.3 is 0 Å². The molecule has 0 bridgehead atoms. The lowest BCUT2D eigenvalue weighted by Crippen LogP contribution is -2.49. The van der Waals surface area contributed by atoms with Gasteiger partial charge in [-0.05, 0) is 5.92 Å². The van der Waals surface area contributed by atoms with E-state index >= 15 is 0 Å². The van der Waals surface area contributed by atoms with Crippen LogP contribution in [0.2, 0.25) is 0 Å². The van der Waals surface area contributed by atoms with E-state index in [9.17, 15) is 4.79 Å². The fourth-order valence-electron chi connectivity index (χ4n) is 1.92. The molecule has 1 saturated heterocycles. The number of aromatic nitrogens is 1. The smallest absolute Gasteiger partial charge is 0.297 e. The number of carbonyl (C=O) groups excluding carboxylic acids is 1. The van der Waals surface area contributed by atoms with Crippen LogP contribution in [0.25, 0.3) is 0 Å². The Labute approximate surface area is 112 Å². The largest absolute Gasteiger partial charge is 0.432 e. The molecule has 6 heteroatoms. The summed E-state index contributed by atoms with van der Waals surface area (Å²) in [6, 6.07) is 0.650. The molecule has 0 unspecified atom stereocenters. The number of hydrogen-bond donors (Lipinski definition) is 0. The van der Waals surface area contributed by atoms with Gasteiger partial charge < -0.3 is 14.2 Å². The Morgan fingerprint density at radius 2 is 2.11 bits per heavy atom. The van der Waals surface area contributed by atoms with Crippen molar-refractivity contribution in [1.82, 2.24) is 9.88 Å². The molecule has 2 heterocycles. The van der Waals surface area contributed by atoms with E-state index in [4.69, 9.17) is 16.0 Å². The minimum atomic E-state index is -0.00779. The van der Waals surface area contributed by atoms with Gasteiger partial charge in [0.2, 0.25) is 5.91 Å². The molecule has 1 aromatic heterocycles. The Bertz CT molecular complexity index is 411. The zero-order chi connectivity index (χ0) is 13.1. The first-order valence-corrected chi connectivity index (χ1v) is 6.69. The third kappa shape index (κ3) is 2.77. The van der Waals surface area contributed by atoms with Gasteiger partial charge in [0.1, 0.15) is 12.1 Å². The molecular weight excluding hydrogens is 254 g/mol. The Morgan fingerprint density at radius 3 is 2.61 bits per heavy atom. The van der Waals surface area contributed by atoms with Crippen molar-refractivity contribution < 1.29 is 9.21 Å². The van der Waals surface area contributed by atoms with Crippen molar-refractivity contribution in [2.45, 2.75) is 19.8 Å². The number of carbonyl (C=O) groups is 1. The molecular formula is C12H18ClN3O2. The SMILES string of the molecule is CC(C)c1coc(N2CCN(C(=O)CCl)CC2)n1. The molecule has 0 saturated carbocycles. The summed E-state index contributed by atoms with van der Waals surface area (Å²) in [5, 5.41) is 0. The lowest BCUT2D eigenvalue weighted by molar-refractivity contribution is -0.128. The molecule has 1 aromatic rings. The van der Waals surface area contributed by atoms with Gasteiger partial charge in [0.15, 0.2) is 0 Å². The number of halogens is 1. The van der Waals surface area contributed by atoms with Crippen LogP contribution in [-0.2, 0) is 4.79 Å². The first-order valence-electron chi connectivity index (χ1n) is 6.16. The maximum absolute atomic E-state index is 11.4. The highest BCUT2D eigenvalue weighted by Crippen LogP contribution is 2.20. The van der Waals surface area contributed by atoms with Crippen LogP contribution in [0.1, 0.15) is 25.5 Å². The minimum absolute atomic E-state index is 0.00779. The fourth-order valence-corrected chi connectivity index (χ4v) is 2.09. The second-order valence-corrected chi connectivity index (χ2v) is 4.98. The molecule has 0 spiro atoms. The molecule has 18 heavy (non-hydrogen) atoms. The number of alkyl halides is 1. The number of hydrogen-bond acceptors (Lipinski definition) is 4. The van der Waals surface area contributed by atoms with Crippen molar-refractivity contribution in [2.75, 3.05) is 37.0 Å². The van der Waals surface area contributed by atoms with E-state index in [0.717, 1.165) is 18.8 Å². The molecule has 0 aliphatic carbocycles. The summed E-state index contributed by atoms with van der Waals surface area (Å²) in [4.78, 5) is 19.7. The second kappa shape index (κ2) is 5.61. The predicted molar refractivity (Wildman–Crippen MR) is 70.1 cm³/mol. The van der Waals surface area contributed by atoms with Gasteiger partial charge in [-0.1, -0.05) is 13.8 Å². The average Bonchev–Trinajstić information content (AvgIpc) is 2.88. The number of amides is 1. The Balaban J connectivity index is 1.94. The highest BCUT2D eigenvalue weighted by atomic mass is 35.5. The van der Waals surface area contributed by atoms with Crippen LogP contribution in [0.15, 0.2) is 10.7 Å². The summed E-state index contributed by atoms with van der Waals surface area (Å²) in [6.07, 6.45) is 1.70. The number of piperazine rings is 1. The van der Waals surface area contributed by atoms with E-state index in [1.165, 1.54) is 0 Å². The second-order valence-electron chi connectivity index (χ2n) is 4.71. The summed E-state index contributed by atoms with van der Waals surface area (Å²) >= 11 is 5.54. The van der Waals surface area contributed by atoms with Crippen molar-refractivity contribution in [3.05, 3.63) is 12.0 Å². The average molecular weight is 272 g/mol. The third-order valence-electron chi connectivity index (χ3n) is 3.12. The van der Waals surface area contributed by atoms with Crippen molar-refractivity contribution in [1.29, 1.82) is 0 Å². The van der Waals surface area contributed by atoms with Crippen LogP contribution in [0.4, 0.5) is 6.01 Å². The Hall–Kier alpha value is -1.23. The van der Waals surface area contributed by atoms with Crippen LogP contribution >= 0.6 is 11.6 Å². The minimum Gasteiger partial charge on any atom is -0.432 e. The van der Waals surface area contributed by atoms with Gasteiger partial charge in [0.05, 0.1) is 5.69 Å². The van der Waals surface area contributed by atoms with E-state index in [1.807, 2.05) is 0 Å². The van der Waals surface area contributed by atoms with E-state index in [1.54, 1.807) is 11.2 Å². The molecule has 0 N–H and O–H groups in total. The highest BCUT2D eigenvalue weighted by molar-refractivity contribution is 6.27. The van der Waals surface area contributed by atoms with Gasteiger partial charge in [-0.2, -0.15) is 4.98 Å². The molecule has 1 amide bonds. The number of oxazole rings is 1. The molecule has 100 valence electrons. The quantitative estimate of drug-likeness (QED) is 0.785. The molecule has 1 fully saturated rings. The van der Waals surface area contributed by atoms with Crippen LogP contribution < -0.4 is 4.90 Å². The van der Waals surface area contributed by atoms with Crippen LogP contribution in [0, 0.1) is 0 Å². The van der Waals surface area contributed by atoms with Gasteiger partial charge in [0, 0.05) is 26.2 Å². The molecule has 1 aliphatic heterocycles. The molecule has 1 aliphatic rings. The van der Waals surface area contributed by atoms with Crippen molar-refractivity contribution >= 4 is 23.5 Å². The van der Waals surface area contributed by atoms with Gasteiger partial charge in [0.25, 0.3) is 6.01 Å². The van der Waals surface area contributed by atoms with Gasteiger partial charge in [-0.15, -0.1) is 11.6 Å². The van der Waals surface area contributed by atoms with E-state index in [-0.39, 0.29) is 11.8 Å². The van der Waals surface area contributed by atoms with Crippen LogP contribution in [0.3, 0.4) is 0 Å². The first-order chi connectivity index (χ1) is 8.61. The Kier molecular flexibility index (Phi) is 4.11. The van der Waals surface area contributed by atoms with Crippen molar-refractivity contribution in [3.8, 4) is 0 Å². The zero-order valence-corrected chi connectivity index (χ0v) is 11.5. The molecule has 5 nitrogen and oxygen atoms in total. The van der Waals surface area contributed by atoms with Crippen molar-refractivity contribution in [2.24, 2.45) is 0 Å². The number of nitrogens with zero attached hydrogens (tertiary/aromatic N) is 3. The monoisotopic (exact) mass is 271 g/mol. The van der Waals surface area contributed by atoms with E-state index in [0.29, 0.717) is 25.0 Å². The summed E-state index contributed by atoms with van der Waals surface area (Å²) in [5.41, 5.74) is 0.962. The summed E-state index contributed by atoms with van der Waals surface area (Å²) in [5.74, 6) is 0.407. The van der Waals surface area contributed by atoms with E-state index in [2.05, 4.69) is 23.7 Å². The third-order valence-corrected chi connectivity index (χ3v) is 3.35. The Morgan fingerprint density at radius 1 is 1.44 bits per heavy atom. The molecule has 0 aromatic carbocycles. The van der Waals surface area contributed by atoms with Crippen LogP contribution in [-0.4, -0.2) is 47.9 Å². The summed E-state index contributed by atoms with van der Waals surface area (Å²) < 4.78 is 5.47. The van der Waals surface area contributed by atoms with Gasteiger partial charge in [-0.3, -0.25) is 4.79 Å². The topological polar surface area (TPSA) is 49.6 Å². The standard InChI is InChI=1S/C12H18ClN3O2/c1-9(2)10-8-18-12(14-10)16-5-3-15(4-6-16)11(17)7-13/h8-9H,3-7H2,1-2H3. The lowest BCUT2D eigenvalue weighted by atomic mass is 10.2. The highest BCUT2D eigenvalue weighted by Gasteiger charge is 2.23. The van der Waals surface area contributed by atoms with E-state index < -0.39 is 0 Å². The molecule has 0 radical (unpaired) electrons. The molecule has 0 atom stereocenters. The summed E-state index contributed by atoms with van der Waals surface area (Å²) in [7, 11) is 0. The zero-order valence-electron chi connectivity index (χ0n) is 10.7. The first kappa shape index (κ1) is 13.2. The predicted octanol–water partition coefficient (Wildman–Crippen LogP) is 1.69. The normalized spacial score (nSPS) is 16.4. The number of anilines is 1. The maximum atomic E-state index is 11.4. The number of rotatable bonds is 3. The van der Waals surface area contributed by atoms with Gasteiger partial charge in [-0.25, -0.2) is 0 Å². The van der Waals surface area contributed by atoms with Crippen molar-refractivity contribution in [3.63, 3.8) is 0 Å². The lowest BCUT2D eigenvalue weighted by Gasteiger charge is -2.33. The maximum Gasteiger partial charge on any atom is 0.297 e. The summed E-state index contributed by atoms with van der Waals surface area (Å²) in [6.45, 7) is 6.98. The molecule has 2 rings (SSSR count). The fraction of sp³-hybridized carbons (Fsp3) is 0.667.